The van der Waals surface area contributed by atoms with Crippen LogP contribution < -0.4 is 10.0 Å². The van der Waals surface area contributed by atoms with Crippen molar-refractivity contribution in [3.05, 3.63) is 0 Å². The van der Waals surface area contributed by atoms with E-state index in [1.54, 1.807) is 4.90 Å². The van der Waals surface area contributed by atoms with Gasteiger partial charge in [-0.1, -0.05) is 162 Å². The van der Waals surface area contributed by atoms with E-state index in [0.717, 1.165) is 18.9 Å². The van der Waals surface area contributed by atoms with Crippen molar-refractivity contribution in [3.8, 4) is 0 Å². The Kier molecular flexibility index (Phi) is 35.9. The zero-order valence-corrected chi connectivity index (χ0v) is 27.2. The summed E-state index contributed by atoms with van der Waals surface area (Å²) < 4.78 is 0. The highest BCUT2D eigenvalue weighted by Gasteiger charge is 2.05. The number of quaternary nitrogens is 1. The highest BCUT2D eigenvalue weighted by molar-refractivity contribution is 5.64. The number of carboxylic acid groups (broad SMARTS) is 1. The summed E-state index contributed by atoms with van der Waals surface area (Å²) in [7, 11) is 2.32. The molecule has 0 bridgehead atoms. The second-order valence-corrected chi connectivity index (χ2v) is 12.4. The van der Waals surface area contributed by atoms with E-state index in [4.69, 9.17) is 0 Å². The first-order valence-electron chi connectivity index (χ1n) is 17.5. The summed E-state index contributed by atoms with van der Waals surface area (Å²) in [5, 5.41) is 10.2. The van der Waals surface area contributed by atoms with E-state index < -0.39 is 5.97 Å². The summed E-state index contributed by atoms with van der Waals surface area (Å²) >= 11 is 0. The van der Waals surface area contributed by atoms with E-state index in [9.17, 15) is 9.90 Å². The zero-order valence-electron chi connectivity index (χ0n) is 27.2. The van der Waals surface area contributed by atoms with Gasteiger partial charge in [0.25, 0.3) is 0 Å². The number of nitrogens with one attached hydrogen (secondary N) is 1. The Morgan fingerprint density at radius 2 is 0.763 bits per heavy atom. The molecule has 38 heavy (non-hydrogen) atoms. The van der Waals surface area contributed by atoms with Gasteiger partial charge in [0.05, 0.1) is 19.6 Å². The average molecular weight is 540 g/mol. The minimum atomic E-state index is -0.903. The lowest BCUT2D eigenvalue weighted by Gasteiger charge is -2.17. The molecule has 0 saturated carbocycles. The first kappa shape index (κ1) is 39.6. The summed E-state index contributed by atoms with van der Waals surface area (Å²) in [4.78, 5) is 11.9. The molecule has 1 N–H and O–H groups in total. The standard InChI is InChI=1S/C18H36O2.C17H37N/c1-2-3-4-5-6-7-8-9-10-11-12-13-14-15-16-17-18(19)20;1-5-6-7-8-9-10-11-12-13-14-15-16-18(4)17(2)3/h2-17H2,1H3,(H,19,20);17H,5-16H2,1-4H3. The van der Waals surface area contributed by atoms with Crippen LogP contribution in [0.4, 0.5) is 0 Å². The van der Waals surface area contributed by atoms with Gasteiger partial charge in [-0.25, -0.2) is 0 Å². The lowest BCUT2D eigenvalue weighted by molar-refractivity contribution is -0.902. The molecule has 0 heterocycles. The maximum Gasteiger partial charge on any atom is 0.0815 e. The zero-order chi connectivity index (χ0) is 28.5. The van der Waals surface area contributed by atoms with E-state index >= 15 is 0 Å². The number of carboxylic acids is 1. The second kappa shape index (κ2) is 34.5. The highest BCUT2D eigenvalue weighted by Crippen LogP contribution is 2.14. The van der Waals surface area contributed by atoms with Crippen LogP contribution in [0.3, 0.4) is 0 Å². The number of rotatable bonds is 29. The Morgan fingerprint density at radius 1 is 0.500 bits per heavy atom. The van der Waals surface area contributed by atoms with Crippen LogP contribution in [0.1, 0.15) is 201 Å². The minimum absolute atomic E-state index is 0.234. The molecule has 0 spiro atoms. The molecule has 1 unspecified atom stereocenters. The molecule has 230 valence electrons. The fraction of sp³-hybridized carbons (Fsp3) is 0.971. The molecule has 0 saturated heterocycles. The number of hydrogen-bond acceptors (Lipinski definition) is 2. The van der Waals surface area contributed by atoms with Gasteiger partial charge in [-0.15, -0.1) is 0 Å². The molecule has 0 aromatic rings. The van der Waals surface area contributed by atoms with Crippen molar-refractivity contribution < 1.29 is 14.8 Å². The number of hydrogen-bond donors (Lipinski definition) is 1. The lowest BCUT2D eigenvalue weighted by Crippen LogP contribution is -3.12. The Bertz CT molecular complexity index is 438. The van der Waals surface area contributed by atoms with Gasteiger partial charge in [-0.3, -0.25) is 0 Å². The Hall–Kier alpha value is -0.570. The van der Waals surface area contributed by atoms with Gasteiger partial charge in [-0.05, 0) is 39.5 Å². The van der Waals surface area contributed by atoms with E-state index in [2.05, 4.69) is 34.7 Å². The monoisotopic (exact) mass is 540 g/mol. The fourth-order valence-electron chi connectivity index (χ4n) is 5.00. The SMILES string of the molecule is CCCCCCCCCCCCCCCCCC(=O)[O-].CCCCCCCCCCCCC[NH+](C)C(C)C. The molecule has 0 amide bonds. The molecule has 0 aliphatic heterocycles. The van der Waals surface area contributed by atoms with Gasteiger partial charge in [0.1, 0.15) is 0 Å². The van der Waals surface area contributed by atoms with Gasteiger partial charge < -0.3 is 14.8 Å². The highest BCUT2D eigenvalue weighted by atomic mass is 16.4. The predicted octanol–water partition coefficient (Wildman–Crippen LogP) is 9.22. The van der Waals surface area contributed by atoms with Gasteiger partial charge in [-0.2, -0.15) is 0 Å². The molecular weight excluding hydrogens is 466 g/mol. The topological polar surface area (TPSA) is 44.6 Å². The Labute approximate surface area is 241 Å². The van der Waals surface area contributed by atoms with Crippen molar-refractivity contribution >= 4 is 5.97 Å². The van der Waals surface area contributed by atoms with Crippen molar-refractivity contribution in [3.63, 3.8) is 0 Å². The molecule has 0 rings (SSSR count). The van der Waals surface area contributed by atoms with Crippen LogP contribution in [0, 0.1) is 0 Å². The number of aliphatic carboxylic acids is 1. The summed E-state index contributed by atoms with van der Waals surface area (Å²) in [6.07, 6.45) is 35.8. The average Bonchev–Trinajstić information content (AvgIpc) is 2.89. The van der Waals surface area contributed by atoms with Crippen molar-refractivity contribution in [2.45, 2.75) is 207 Å². The molecule has 1 atom stereocenters. The summed E-state index contributed by atoms with van der Waals surface area (Å²) in [5.74, 6) is -0.903. The normalized spacial score (nSPS) is 11.9. The van der Waals surface area contributed by atoms with Crippen LogP contribution in [0.5, 0.6) is 0 Å². The van der Waals surface area contributed by atoms with Crippen LogP contribution in [0.15, 0.2) is 0 Å². The molecule has 0 aliphatic rings. The maximum absolute atomic E-state index is 10.2. The number of carbonyl (C=O) groups is 1. The molecule has 0 aliphatic carbocycles. The van der Waals surface area contributed by atoms with Crippen molar-refractivity contribution in [2.75, 3.05) is 13.6 Å². The number of carbonyl (C=O) groups excluding carboxylic acids is 1. The van der Waals surface area contributed by atoms with E-state index in [1.165, 1.54) is 161 Å². The van der Waals surface area contributed by atoms with Gasteiger partial charge in [0, 0.05) is 5.97 Å². The third-order valence-corrected chi connectivity index (χ3v) is 8.14. The predicted molar refractivity (Wildman–Crippen MR) is 168 cm³/mol. The Balaban J connectivity index is 0. The fourth-order valence-corrected chi connectivity index (χ4v) is 5.00. The van der Waals surface area contributed by atoms with Gasteiger partial charge in [0.2, 0.25) is 0 Å². The van der Waals surface area contributed by atoms with Crippen LogP contribution in [0.25, 0.3) is 0 Å². The molecule has 0 aromatic heterocycles. The van der Waals surface area contributed by atoms with E-state index in [-0.39, 0.29) is 6.42 Å². The van der Waals surface area contributed by atoms with Crippen LogP contribution in [-0.4, -0.2) is 25.6 Å². The first-order valence-corrected chi connectivity index (χ1v) is 17.5. The van der Waals surface area contributed by atoms with Crippen LogP contribution in [0.2, 0.25) is 0 Å². The third kappa shape index (κ3) is 37.6. The molecular formula is C35H73NO2. The van der Waals surface area contributed by atoms with Crippen molar-refractivity contribution in [2.24, 2.45) is 0 Å². The molecule has 0 aromatic carbocycles. The molecule has 3 nitrogen and oxygen atoms in total. The van der Waals surface area contributed by atoms with Gasteiger partial charge >= 0.3 is 0 Å². The van der Waals surface area contributed by atoms with Gasteiger partial charge in [0.15, 0.2) is 0 Å². The maximum atomic E-state index is 10.2. The van der Waals surface area contributed by atoms with E-state index in [0.29, 0.717) is 0 Å². The van der Waals surface area contributed by atoms with Crippen LogP contribution in [-0.2, 0) is 4.79 Å². The summed E-state index contributed by atoms with van der Waals surface area (Å²) in [6.45, 7) is 10.5. The summed E-state index contributed by atoms with van der Waals surface area (Å²) in [5.41, 5.74) is 0. The lowest BCUT2D eigenvalue weighted by atomic mass is 10.0. The summed E-state index contributed by atoms with van der Waals surface area (Å²) in [6, 6.07) is 0.785. The largest absolute Gasteiger partial charge is 0.550 e. The Morgan fingerprint density at radius 3 is 1.03 bits per heavy atom. The molecule has 3 heteroatoms. The quantitative estimate of drug-likeness (QED) is 0.0963. The van der Waals surface area contributed by atoms with Crippen molar-refractivity contribution in [1.82, 2.24) is 0 Å². The third-order valence-electron chi connectivity index (χ3n) is 8.14. The first-order chi connectivity index (χ1) is 18.5. The molecule has 0 fully saturated rings. The van der Waals surface area contributed by atoms with E-state index in [1.807, 2.05) is 0 Å². The smallest absolute Gasteiger partial charge is 0.0815 e. The minimum Gasteiger partial charge on any atom is -0.550 e. The molecule has 0 radical (unpaired) electrons. The van der Waals surface area contributed by atoms with Crippen LogP contribution >= 0.6 is 0 Å². The van der Waals surface area contributed by atoms with Crippen molar-refractivity contribution in [1.29, 1.82) is 0 Å². The second-order valence-electron chi connectivity index (χ2n) is 12.4. The number of unbranched alkanes of at least 4 members (excludes halogenated alkanes) is 24.